The average Bonchev–Trinajstić information content (AvgIpc) is 2.46. The lowest BCUT2D eigenvalue weighted by Gasteiger charge is -2.11. The van der Waals surface area contributed by atoms with Crippen LogP contribution in [0.15, 0.2) is 41.9 Å². The summed E-state index contributed by atoms with van der Waals surface area (Å²) in [6.07, 6.45) is 1.76. The predicted octanol–water partition coefficient (Wildman–Crippen LogP) is 1.08. The number of hydrogen-bond acceptors (Lipinski definition) is 2. The van der Waals surface area contributed by atoms with Crippen LogP contribution in [-0.2, 0) is 0 Å². The Kier molecular flexibility index (Phi) is 6.89. The van der Waals surface area contributed by atoms with Gasteiger partial charge in [-0.3, -0.25) is 9.79 Å². The summed E-state index contributed by atoms with van der Waals surface area (Å²) in [7, 11) is 1.70. The van der Waals surface area contributed by atoms with E-state index in [4.69, 9.17) is 0 Å². The topological polar surface area (TPSA) is 65.5 Å². The maximum absolute atomic E-state index is 11.9. The lowest BCUT2D eigenvalue weighted by molar-refractivity contribution is 0.0954. The van der Waals surface area contributed by atoms with Gasteiger partial charge in [0.1, 0.15) is 0 Å². The molecular weight excluding hydrogens is 252 g/mol. The Labute approximate surface area is 120 Å². The van der Waals surface area contributed by atoms with Crippen molar-refractivity contribution in [2.45, 2.75) is 6.92 Å². The Morgan fingerprint density at radius 1 is 1.30 bits per heavy atom. The highest BCUT2D eigenvalue weighted by molar-refractivity contribution is 5.94. The number of carbonyl (C=O) groups excluding carboxylic acids is 1. The van der Waals surface area contributed by atoms with E-state index >= 15 is 0 Å². The van der Waals surface area contributed by atoms with Crippen molar-refractivity contribution in [2.24, 2.45) is 4.99 Å². The normalized spacial score (nSPS) is 10.8. The molecule has 1 amide bonds. The number of aryl methyl sites for hydroxylation is 1. The molecule has 1 rings (SSSR count). The molecule has 3 N–H and O–H groups in total. The standard InChI is InChI=1S/C15H22N4O/c1-4-8-18-15(16-3)19-10-9-17-14(20)13-7-5-6-12(2)11-13/h4-7,11H,1,8-10H2,2-3H3,(H,17,20)(H2,16,18,19). The first-order valence-electron chi connectivity index (χ1n) is 6.57. The van der Waals surface area contributed by atoms with Crippen LogP contribution in [0.4, 0.5) is 0 Å². The van der Waals surface area contributed by atoms with Crippen LogP contribution in [0.2, 0.25) is 0 Å². The van der Waals surface area contributed by atoms with Crippen LogP contribution in [0, 0.1) is 6.92 Å². The molecule has 0 bridgehead atoms. The smallest absolute Gasteiger partial charge is 0.251 e. The van der Waals surface area contributed by atoms with Crippen molar-refractivity contribution in [1.82, 2.24) is 16.0 Å². The largest absolute Gasteiger partial charge is 0.355 e. The fourth-order valence-corrected chi connectivity index (χ4v) is 1.63. The quantitative estimate of drug-likeness (QED) is 0.315. The van der Waals surface area contributed by atoms with Crippen LogP contribution in [0.25, 0.3) is 0 Å². The van der Waals surface area contributed by atoms with Crippen LogP contribution < -0.4 is 16.0 Å². The Balaban J connectivity index is 2.30. The first-order valence-corrected chi connectivity index (χ1v) is 6.57. The molecule has 108 valence electrons. The van der Waals surface area contributed by atoms with Crippen LogP contribution in [0.3, 0.4) is 0 Å². The summed E-state index contributed by atoms with van der Waals surface area (Å²) in [4.78, 5) is 15.9. The molecule has 0 unspecified atom stereocenters. The maximum Gasteiger partial charge on any atom is 0.251 e. The molecule has 0 spiro atoms. The van der Waals surface area contributed by atoms with E-state index in [1.807, 2.05) is 25.1 Å². The fourth-order valence-electron chi connectivity index (χ4n) is 1.63. The summed E-state index contributed by atoms with van der Waals surface area (Å²) in [6.45, 7) is 7.37. The molecule has 20 heavy (non-hydrogen) atoms. The zero-order chi connectivity index (χ0) is 14.8. The van der Waals surface area contributed by atoms with E-state index in [2.05, 4.69) is 27.5 Å². The van der Waals surface area contributed by atoms with Crippen molar-refractivity contribution in [2.75, 3.05) is 26.7 Å². The van der Waals surface area contributed by atoms with E-state index in [1.54, 1.807) is 19.2 Å². The number of rotatable bonds is 6. The average molecular weight is 274 g/mol. The first-order chi connectivity index (χ1) is 9.67. The highest BCUT2D eigenvalue weighted by Crippen LogP contribution is 2.03. The molecule has 5 nitrogen and oxygen atoms in total. The van der Waals surface area contributed by atoms with Crippen molar-refractivity contribution in [3.63, 3.8) is 0 Å². The molecule has 0 radical (unpaired) electrons. The molecule has 0 atom stereocenters. The summed E-state index contributed by atoms with van der Waals surface area (Å²) >= 11 is 0. The zero-order valence-corrected chi connectivity index (χ0v) is 12.1. The van der Waals surface area contributed by atoms with E-state index in [9.17, 15) is 4.79 Å². The second-order valence-electron chi connectivity index (χ2n) is 4.29. The highest BCUT2D eigenvalue weighted by Gasteiger charge is 2.04. The minimum absolute atomic E-state index is 0.0652. The fraction of sp³-hybridized carbons (Fsp3) is 0.333. The summed E-state index contributed by atoms with van der Waals surface area (Å²) in [5, 5.41) is 9.01. The minimum Gasteiger partial charge on any atom is -0.355 e. The summed E-state index contributed by atoms with van der Waals surface area (Å²) in [5.74, 6) is 0.624. The van der Waals surface area contributed by atoms with E-state index in [0.29, 0.717) is 31.2 Å². The second kappa shape index (κ2) is 8.74. The Morgan fingerprint density at radius 3 is 2.70 bits per heavy atom. The summed E-state index contributed by atoms with van der Waals surface area (Å²) in [5.41, 5.74) is 1.75. The molecule has 1 aromatic rings. The van der Waals surface area contributed by atoms with Crippen LogP contribution >= 0.6 is 0 Å². The van der Waals surface area contributed by atoms with Crippen LogP contribution in [-0.4, -0.2) is 38.5 Å². The minimum atomic E-state index is -0.0652. The molecule has 0 fully saturated rings. The lowest BCUT2D eigenvalue weighted by Crippen LogP contribution is -2.41. The summed E-state index contributed by atoms with van der Waals surface area (Å²) in [6, 6.07) is 7.52. The molecule has 0 saturated heterocycles. The molecule has 0 saturated carbocycles. The third-order valence-corrected chi connectivity index (χ3v) is 2.62. The third kappa shape index (κ3) is 5.56. The maximum atomic E-state index is 11.9. The number of aliphatic imine (C=N–C) groups is 1. The van der Waals surface area contributed by atoms with Gasteiger partial charge in [-0.2, -0.15) is 0 Å². The molecule has 5 heteroatoms. The Hall–Kier alpha value is -2.30. The van der Waals surface area contributed by atoms with Gasteiger partial charge in [0.2, 0.25) is 0 Å². The molecule has 1 aromatic carbocycles. The van der Waals surface area contributed by atoms with Gasteiger partial charge in [-0.25, -0.2) is 0 Å². The van der Waals surface area contributed by atoms with Gasteiger partial charge in [-0.1, -0.05) is 23.8 Å². The van der Waals surface area contributed by atoms with Crippen LogP contribution in [0.5, 0.6) is 0 Å². The number of carbonyl (C=O) groups is 1. The van der Waals surface area contributed by atoms with Gasteiger partial charge in [0.05, 0.1) is 0 Å². The zero-order valence-electron chi connectivity index (χ0n) is 12.1. The number of benzene rings is 1. The van der Waals surface area contributed by atoms with Gasteiger partial charge in [0, 0.05) is 32.2 Å². The monoisotopic (exact) mass is 274 g/mol. The van der Waals surface area contributed by atoms with E-state index in [1.165, 1.54) is 0 Å². The molecule has 0 aliphatic carbocycles. The SMILES string of the molecule is C=CCNC(=NC)NCCNC(=O)c1cccc(C)c1. The second-order valence-corrected chi connectivity index (χ2v) is 4.29. The van der Waals surface area contributed by atoms with Gasteiger partial charge >= 0.3 is 0 Å². The Bertz CT molecular complexity index is 483. The van der Waals surface area contributed by atoms with Gasteiger partial charge in [-0.15, -0.1) is 6.58 Å². The molecule has 0 heterocycles. The van der Waals surface area contributed by atoms with Crippen molar-refractivity contribution in [3.8, 4) is 0 Å². The van der Waals surface area contributed by atoms with Gasteiger partial charge in [0.25, 0.3) is 5.91 Å². The molecule has 0 aliphatic rings. The van der Waals surface area contributed by atoms with Crippen molar-refractivity contribution in [3.05, 3.63) is 48.0 Å². The lowest BCUT2D eigenvalue weighted by atomic mass is 10.1. The summed E-state index contributed by atoms with van der Waals surface area (Å²) < 4.78 is 0. The number of nitrogens with zero attached hydrogens (tertiary/aromatic N) is 1. The first kappa shape index (κ1) is 15.8. The Morgan fingerprint density at radius 2 is 2.05 bits per heavy atom. The number of nitrogens with one attached hydrogen (secondary N) is 3. The molecule has 0 aliphatic heterocycles. The highest BCUT2D eigenvalue weighted by atomic mass is 16.1. The van der Waals surface area contributed by atoms with Gasteiger partial charge in [-0.05, 0) is 19.1 Å². The van der Waals surface area contributed by atoms with E-state index in [0.717, 1.165) is 5.56 Å². The number of guanidine groups is 1. The van der Waals surface area contributed by atoms with Gasteiger partial charge < -0.3 is 16.0 Å². The van der Waals surface area contributed by atoms with E-state index < -0.39 is 0 Å². The molecule has 0 aromatic heterocycles. The van der Waals surface area contributed by atoms with Crippen molar-refractivity contribution in [1.29, 1.82) is 0 Å². The van der Waals surface area contributed by atoms with Gasteiger partial charge in [0.15, 0.2) is 5.96 Å². The van der Waals surface area contributed by atoms with Crippen molar-refractivity contribution < 1.29 is 4.79 Å². The van der Waals surface area contributed by atoms with E-state index in [-0.39, 0.29) is 5.91 Å². The molecular formula is C15H22N4O. The number of amides is 1. The van der Waals surface area contributed by atoms with Crippen molar-refractivity contribution >= 4 is 11.9 Å². The third-order valence-electron chi connectivity index (χ3n) is 2.62. The predicted molar refractivity (Wildman–Crippen MR) is 83.1 cm³/mol. The number of hydrogen-bond donors (Lipinski definition) is 3. The van der Waals surface area contributed by atoms with Crippen LogP contribution in [0.1, 0.15) is 15.9 Å².